The molecule has 4 aromatic rings. The van der Waals surface area contributed by atoms with E-state index in [1.54, 1.807) is 0 Å². The van der Waals surface area contributed by atoms with E-state index in [0.717, 1.165) is 39.4 Å². The number of benzene rings is 1. The Hall–Kier alpha value is -2.95. The molecule has 1 saturated carbocycles. The van der Waals surface area contributed by atoms with E-state index < -0.39 is 17.6 Å². The Bertz CT molecular complexity index is 1390. The minimum atomic E-state index is -0.896. The van der Waals surface area contributed by atoms with Crippen LogP contribution in [0.4, 0.5) is 17.3 Å². The van der Waals surface area contributed by atoms with E-state index in [1.807, 2.05) is 35.0 Å². The summed E-state index contributed by atoms with van der Waals surface area (Å²) in [4.78, 5) is 15.2. The Morgan fingerprint density at radius 3 is 2.79 bits per heavy atom. The molecule has 2 fully saturated rings. The summed E-state index contributed by atoms with van der Waals surface area (Å²) in [6.45, 7) is 1.44. The number of aliphatic hydroxyl groups is 2. The van der Waals surface area contributed by atoms with Crippen LogP contribution >= 0.6 is 15.9 Å². The van der Waals surface area contributed by atoms with Gasteiger partial charge in [-0.3, -0.25) is 0 Å². The first kappa shape index (κ1) is 20.6. The summed E-state index contributed by atoms with van der Waals surface area (Å²) >= 11 is 3.43. The predicted molar refractivity (Wildman–Crippen MR) is 131 cm³/mol. The highest BCUT2D eigenvalue weighted by Gasteiger charge is 2.56. The van der Waals surface area contributed by atoms with Gasteiger partial charge in [0.25, 0.3) is 0 Å². The van der Waals surface area contributed by atoms with Crippen LogP contribution in [0.25, 0.3) is 21.9 Å². The van der Waals surface area contributed by atoms with Gasteiger partial charge in [0.05, 0.1) is 27.5 Å². The minimum Gasteiger partial charge on any atom is -0.390 e. The van der Waals surface area contributed by atoms with Crippen LogP contribution in [0.3, 0.4) is 0 Å². The average Bonchev–Trinajstić information content (AvgIpc) is 3.48. The van der Waals surface area contributed by atoms with Gasteiger partial charge in [0, 0.05) is 35.8 Å². The number of anilines is 3. The van der Waals surface area contributed by atoms with Crippen LogP contribution in [0, 0.1) is 5.41 Å². The third kappa shape index (κ3) is 3.08. The van der Waals surface area contributed by atoms with Crippen LogP contribution in [0.15, 0.2) is 47.3 Å². The van der Waals surface area contributed by atoms with E-state index in [-0.39, 0.29) is 6.04 Å². The number of nitrogens with two attached hydrogens (primary N) is 2. The maximum Gasteiger partial charge on any atom is 0.145 e. The first-order chi connectivity index (χ1) is 15.9. The molecule has 1 aliphatic heterocycles. The van der Waals surface area contributed by atoms with Crippen molar-refractivity contribution in [1.82, 2.24) is 19.5 Å². The number of aliphatic hydroxyl groups excluding tert-OH is 2. The fourth-order valence-electron chi connectivity index (χ4n) is 5.62. The summed E-state index contributed by atoms with van der Waals surface area (Å²) in [6.07, 6.45) is 3.00. The molecule has 33 heavy (non-hydrogen) atoms. The molecular formula is C23H24BrN7O2. The Labute approximate surface area is 198 Å². The monoisotopic (exact) mass is 509 g/mol. The summed E-state index contributed by atoms with van der Waals surface area (Å²) in [7, 11) is 0. The first-order valence-corrected chi connectivity index (χ1v) is 11.7. The summed E-state index contributed by atoms with van der Waals surface area (Å²) < 4.78 is 2.71. The van der Waals surface area contributed by atoms with Gasteiger partial charge in [-0.05, 0) is 53.0 Å². The second-order valence-corrected chi connectivity index (χ2v) is 10.0. The lowest BCUT2D eigenvalue weighted by Gasteiger charge is -2.29. The average molecular weight is 510 g/mol. The van der Waals surface area contributed by atoms with Crippen molar-refractivity contribution in [3.05, 3.63) is 47.3 Å². The molecule has 1 aromatic carbocycles. The van der Waals surface area contributed by atoms with Crippen molar-refractivity contribution in [3.8, 4) is 0 Å². The van der Waals surface area contributed by atoms with Crippen molar-refractivity contribution in [3.63, 3.8) is 0 Å². The van der Waals surface area contributed by atoms with Crippen LogP contribution in [0.2, 0.25) is 0 Å². The van der Waals surface area contributed by atoms with Crippen LogP contribution in [-0.4, -0.2) is 55.0 Å². The number of halogens is 1. The van der Waals surface area contributed by atoms with E-state index in [1.165, 1.54) is 6.33 Å². The molecule has 10 heteroatoms. The van der Waals surface area contributed by atoms with Gasteiger partial charge in [-0.25, -0.2) is 15.0 Å². The van der Waals surface area contributed by atoms with E-state index in [9.17, 15) is 10.2 Å². The summed E-state index contributed by atoms with van der Waals surface area (Å²) in [5.74, 6) is 0.865. The van der Waals surface area contributed by atoms with Crippen molar-refractivity contribution >= 4 is 55.2 Å². The number of fused-ring (bicyclic) bond motifs is 2. The zero-order valence-corrected chi connectivity index (χ0v) is 19.4. The Morgan fingerprint density at radius 2 is 1.94 bits per heavy atom. The van der Waals surface area contributed by atoms with E-state index in [0.29, 0.717) is 30.2 Å². The van der Waals surface area contributed by atoms with Crippen molar-refractivity contribution in [2.24, 2.45) is 5.41 Å². The Kier molecular flexibility index (Phi) is 4.55. The van der Waals surface area contributed by atoms with Crippen molar-refractivity contribution in [2.75, 3.05) is 29.5 Å². The molecule has 9 nitrogen and oxygen atoms in total. The fraction of sp³-hybridized carbons (Fsp3) is 0.348. The van der Waals surface area contributed by atoms with Crippen molar-refractivity contribution in [2.45, 2.75) is 31.1 Å². The number of hydrogen-bond acceptors (Lipinski definition) is 8. The number of hydrogen-bond donors (Lipinski definition) is 4. The molecule has 1 spiro atoms. The van der Waals surface area contributed by atoms with Gasteiger partial charge in [-0.15, -0.1) is 0 Å². The van der Waals surface area contributed by atoms with Gasteiger partial charge in [-0.1, -0.05) is 6.07 Å². The largest absolute Gasteiger partial charge is 0.390 e. The topological polar surface area (TPSA) is 139 Å². The van der Waals surface area contributed by atoms with Gasteiger partial charge < -0.3 is 31.1 Å². The first-order valence-electron chi connectivity index (χ1n) is 10.9. The molecule has 6 rings (SSSR count). The minimum absolute atomic E-state index is 0.290. The molecule has 0 bridgehead atoms. The normalized spacial score (nSPS) is 27.4. The van der Waals surface area contributed by atoms with Gasteiger partial charge in [0.2, 0.25) is 0 Å². The van der Waals surface area contributed by atoms with Crippen LogP contribution < -0.4 is 16.4 Å². The molecule has 0 unspecified atom stereocenters. The zero-order chi connectivity index (χ0) is 22.9. The summed E-state index contributed by atoms with van der Waals surface area (Å²) in [6, 6.07) is 9.67. The second-order valence-electron chi connectivity index (χ2n) is 9.19. The molecule has 0 radical (unpaired) electrons. The van der Waals surface area contributed by atoms with Gasteiger partial charge in [0.15, 0.2) is 0 Å². The standard InChI is InChI=1S/C23H24BrN7O2/c24-15-7-12-1-2-13(8-16(12)29-21(15)26)30-6-4-23(10-30)9-17(18(32)19(23)33)31-5-3-14-20(25)27-11-28-22(14)31/h1-3,5,7-8,11,17-19,32-33H,4,6,9-10H2,(H2,26,29)(H2,25,27,28)/t17-,18+,19+,23-/m1/s1. The quantitative estimate of drug-likeness (QED) is 0.323. The van der Waals surface area contributed by atoms with Crippen molar-refractivity contribution in [1.29, 1.82) is 0 Å². The molecule has 0 amide bonds. The predicted octanol–water partition coefficient (Wildman–Crippen LogP) is 2.47. The number of pyridine rings is 1. The Balaban J connectivity index is 1.30. The highest BCUT2D eigenvalue weighted by molar-refractivity contribution is 9.10. The fourth-order valence-corrected chi connectivity index (χ4v) is 5.95. The Morgan fingerprint density at radius 1 is 1.09 bits per heavy atom. The van der Waals surface area contributed by atoms with Crippen LogP contribution in [-0.2, 0) is 0 Å². The number of nitrogens with zero attached hydrogens (tertiary/aromatic N) is 5. The number of nitrogen functional groups attached to an aromatic ring is 2. The molecule has 3 aromatic heterocycles. The van der Waals surface area contributed by atoms with Crippen LogP contribution in [0.1, 0.15) is 18.9 Å². The lowest BCUT2D eigenvalue weighted by molar-refractivity contribution is -0.0204. The maximum absolute atomic E-state index is 11.2. The number of rotatable bonds is 2. The molecule has 4 heterocycles. The van der Waals surface area contributed by atoms with Crippen molar-refractivity contribution < 1.29 is 10.2 Å². The summed E-state index contributed by atoms with van der Waals surface area (Å²) in [5, 5.41) is 24.0. The van der Waals surface area contributed by atoms with E-state index in [2.05, 4.69) is 41.8 Å². The molecule has 1 aliphatic carbocycles. The molecule has 170 valence electrons. The van der Waals surface area contributed by atoms with Gasteiger partial charge in [-0.2, -0.15) is 0 Å². The van der Waals surface area contributed by atoms with Crippen LogP contribution in [0.5, 0.6) is 0 Å². The van der Waals surface area contributed by atoms with Gasteiger partial charge >= 0.3 is 0 Å². The molecular weight excluding hydrogens is 486 g/mol. The lowest BCUT2D eigenvalue weighted by atomic mass is 9.83. The summed E-state index contributed by atoms with van der Waals surface area (Å²) in [5.41, 5.74) is 14.1. The number of aromatic nitrogens is 4. The molecule has 2 aliphatic rings. The SMILES string of the molecule is Nc1nc2cc(N3CC[C@@]4(C[C@@H](n5ccc6c(N)ncnc65)[C@H](O)[C@@H]4O)C3)ccc2cc1Br. The van der Waals surface area contributed by atoms with E-state index in [4.69, 9.17) is 11.5 Å². The highest BCUT2D eigenvalue weighted by atomic mass is 79.9. The second kappa shape index (κ2) is 7.28. The van der Waals surface area contributed by atoms with E-state index >= 15 is 0 Å². The maximum atomic E-state index is 11.2. The molecule has 1 saturated heterocycles. The third-order valence-corrected chi connectivity index (χ3v) is 8.03. The highest BCUT2D eigenvalue weighted by Crippen LogP contribution is 2.51. The zero-order valence-electron chi connectivity index (χ0n) is 17.8. The molecule has 6 N–H and O–H groups in total. The van der Waals surface area contributed by atoms with Gasteiger partial charge in [0.1, 0.15) is 29.7 Å². The lowest BCUT2D eigenvalue weighted by Crippen LogP contribution is -2.38. The smallest absolute Gasteiger partial charge is 0.145 e. The molecule has 4 atom stereocenters. The third-order valence-electron chi connectivity index (χ3n) is 7.39.